The van der Waals surface area contributed by atoms with Gasteiger partial charge >= 0.3 is 0 Å². The van der Waals surface area contributed by atoms with Crippen molar-refractivity contribution in [2.24, 2.45) is 0 Å². The number of ether oxygens (including phenoxy) is 2. The third-order valence-electron chi connectivity index (χ3n) is 6.17. The standard InChI is InChI=1S/C21H30N2O3/c1-25-18-7-8-20(19(15-18)21(24)23-11-4-12-23)26-17-9-13-22(14-10-17)16-5-2-3-6-16/h7-8,15-17H,2-6,9-14H2,1H3. The Morgan fingerprint density at radius 2 is 1.73 bits per heavy atom. The molecule has 0 unspecified atom stereocenters. The number of carbonyl (C=O) groups is 1. The van der Waals surface area contributed by atoms with Gasteiger partial charge in [0.2, 0.25) is 0 Å². The molecular weight excluding hydrogens is 328 g/mol. The minimum absolute atomic E-state index is 0.0635. The van der Waals surface area contributed by atoms with Gasteiger partial charge in [-0.2, -0.15) is 0 Å². The van der Waals surface area contributed by atoms with Crippen LogP contribution in [-0.2, 0) is 0 Å². The van der Waals surface area contributed by atoms with E-state index in [0.717, 1.165) is 51.5 Å². The fourth-order valence-electron chi connectivity index (χ4n) is 4.40. The summed E-state index contributed by atoms with van der Waals surface area (Å²) in [7, 11) is 1.63. The third-order valence-corrected chi connectivity index (χ3v) is 6.17. The summed E-state index contributed by atoms with van der Waals surface area (Å²) in [5, 5.41) is 0. The minimum Gasteiger partial charge on any atom is -0.497 e. The van der Waals surface area contributed by atoms with Gasteiger partial charge in [-0.1, -0.05) is 12.8 Å². The summed E-state index contributed by atoms with van der Waals surface area (Å²) >= 11 is 0. The van der Waals surface area contributed by atoms with E-state index in [9.17, 15) is 4.79 Å². The molecule has 2 heterocycles. The van der Waals surface area contributed by atoms with Crippen LogP contribution in [0.5, 0.6) is 11.5 Å². The van der Waals surface area contributed by atoms with Crippen molar-refractivity contribution in [3.05, 3.63) is 23.8 Å². The minimum atomic E-state index is 0.0635. The van der Waals surface area contributed by atoms with E-state index in [-0.39, 0.29) is 12.0 Å². The van der Waals surface area contributed by atoms with Gasteiger partial charge in [0, 0.05) is 32.2 Å². The summed E-state index contributed by atoms with van der Waals surface area (Å²) in [5.74, 6) is 1.48. The predicted octanol–water partition coefficient (Wildman–Crippen LogP) is 3.33. The zero-order valence-electron chi connectivity index (χ0n) is 15.8. The van der Waals surface area contributed by atoms with Crippen molar-refractivity contribution in [3.63, 3.8) is 0 Å². The molecule has 0 radical (unpaired) electrons. The van der Waals surface area contributed by atoms with E-state index in [1.165, 1.54) is 25.7 Å². The Morgan fingerprint density at radius 3 is 2.35 bits per heavy atom. The Balaban J connectivity index is 1.41. The molecule has 2 aliphatic heterocycles. The van der Waals surface area contributed by atoms with Crippen LogP contribution in [0.4, 0.5) is 0 Å². The van der Waals surface area contributed by atoms with Crippen LogP contribution < -0.4 is 9.47 Å². The molecule has 4 rings (SSSR count). The van der Waals surface area contributed by atoms with Crippen LogP contribution in [0.1, 0.15) is 55.3 Å². The summed E-state index contributed by atoms with van der Waals surface area (Å²) < 4.78 is 11.6. The van der Waals surface area contributed by atoms with Gasteiger partial charge in [-0.15, -0.1) is 0 Å². The van der Waals surface area contributed by atoms with Gasteiger partial charge in [-0.3, -0.25) is 4.79 Å². The highest BCUT2D eigenvalue weighted by Crippen LogP contribution is 2.31. The van der Waals surface area contributed by atoms with Crippen molar-refractivity contribution < 1.29 is 14.3 Å². The molecule has 0 spiro atoms. The van der Waals surface area contributed by atoms with Crippen LogP contribution in [0.15, 0.2) is 18.2 Å². The molecule has 0 atom stereocenters. The molecule has 2 saturated heterocycles. The first-order valence-electron chi connectivity index (χ1n) is 10.1. The lowest BCUT2D eigenvalue weighted by molar-refractivity contribution is 0.0618. The molecule has 3 aliphatic rings. The number of benzene rings is 1. The van der Waals surface area contributed by atoms with Crippen LogP contribution in [0.2, 0.25) is 0 Å². The summed E-state index contributed by atoms with van der Waals surface area (Å²) in [6.45, 7) is 3.91. The fourth-order valence-corrected chi connectivity index (χ4v) is 4.40. The van der Waals surface area contributed by atoms with Gasteiger partial charge in [-0.05, 0) is 50.3 Å². The maximum Gasteiger partial charge on any atom is 0.257 e. The molecule has 1 amide bonds. The predicted molar refractivity (Wildman–Crippen MR) is 101 cm³/mol. The van der Waals surface area contributed by atoms with Crippen LogP contribution in [0, 0.1) is 0 Å². The van der Waals surface area contributed by atoms with Gasteiger partial charge in [0.25, 0.3) is 5.91 Å². The van der Waals surface area contributed by atoms with E-state index in [1.54, 1.807) is 7.11 Å². The summed E-state index contributed by atoms with van der Waals surface area (Å²) in [6.07, 6.45) is 8.86. The van der Waals surface area contributed by atoms with Gasteiger partial charge in [0.15, 0.2) is 0 Å². The lowest BCUT2D eigenvalue weighted by atomic mass is 10.0. The molecule has 1 aromatic rings. The maximum atomic E-state index is 12.8. The van der Waals surface area contributed by atoms with E-state index < -0.39 is 0 Å². The van der Waals surface area contributed by atoms with Gasteiger partial charge in [0.05, 0.1) is 12.7 Å². The summed E-state index contributed by atoms with van der Waals surface area (Å²) in [6, 6.07) is 6.40. The topological polar surface area (TPSA) is 42.0 Å². The average molecular weight is 358 g/mol. The second-order valence-corrected chi connectivity index (χ2v) is 7.80. The zero-order chi connectivity index (χ0) is 17.9. The van der Waals surface area contributed by atoms with E-state index in [2.05, 4.69) is 4.90 Å². The monoisotopic (exact) mass is 358 g/mol. The smallest absolute Gasteiger partial charge is 0.257 e. The second-order valence-electron chi connectivity index (χ2n) is 7.80. The van der Waals surface area contributed by atoms with E-state index in [0.29, 0.717) is 17.1 Å². The van der Waals surface area contributed by atoms with Crippen molar-refractivity contribution in [2.75, 3.05) is 33.3 Å². The number of nitrogens with zero attached hydrogens (tertiary/aromatic N) is 2. The first kappa shape index (κ1) is 17.7. The number of methoxy groups -OCH3 is 1. The van der Waals surface area contributed by atoms with Crippen molar-refractivity contribution >= 4 is 5.91 Å². The molecular formula is C21H30N2O3. The largest absolute Gasteiger partial charge is 0.497 e. The number of amides is 1. The van der Waals surface area contributed by atoms with E-state index in [4.69, 9.17) is 9.47 Å². The van der Waals surface area contributed by atoms with E-state index in [1.807, 2.05) is 23.1 Å². The molecule has 1 aromatic carbocycles. The first-order chi connectivity index (χ1) is 12.7. The molecule has 3 fully saturated rings. The zero-order valence-corrected chi connectivity index (χ0v) is 15.8. The Bertz CT molecular complexity index is 630. The fraction of sp³-hybridized carbons (Fsp3) is 0.667. The average Bonchev–Trinajstić information content (AvgIpc) is 3.16. The van der Waals surface area contributed by atoms with Crippen LogP contribution in [0.3, 0.4) is 0 Å². The lowest BCUT2D eigenvalue weighted by Gasteiger charge is -2.36. The highest BCUT2D eigenvalue weighted by Gasteiger charge is 2.30. The Morgan fingerprint density at radius 1 is 1.00 bits per heavy atom. The number of likely N-dealkylation sites (tertiary alicyclic amines) is 2. The lowest BCUT2D eigenvalue weighted by Crippen LogP contribution is -2.44. The van der Waals surface area contributed by atoms with Gasteiger partial charge in [0.1, 0.15) is 17.6 Å². The van der Waals surface area contributed by atoms with Gasteiger partial charge in [-0.25, -0.2) is 0 Å². The number of hydrogen-bond acceptors (Lipinski definition) is 4. The normalized spacial score (nSPS) is 22.3. The highest BCUT2D eigenvalue weighted by molar-refractivity contribution is 5.97. The molecule has 5 heteroatoms. The van der Waals surface area contributed by atoms with Crippen molar-refractivity contribution in [1.82, 2.24) is 9.80 Å². The summed E-state index contributed by atoms with van der Waals surface area (Å²) in [5.41, 5.74) is 0.641. The molecule has 1 saturated carbocycles. The van der Waals surface area contributed by atoms with Crippen molar-refractivity contribution in [2.45, 2.75) is 57.1 Å². The van der Waals surface area contributed by atoms with Crippen LogP contribution in [-0.4, -0.2) is 61.1 Å². The Kier molecular flexibility index (Phi) is 5.34. The number of carbonyl (C=O) groups excluding carboxylic acids is 1. The van der Waals surface area contributed by atoms with E-state index >= 15 is 0 Å². The molecule has 5 nitrogen and oxygen atoms in total. The Labute approximate surface area is 156 Å². The molecule has 0 N–H and O–H groups in total. The molecule has 142 valence electrons. The maximum absolute atomic E-state index is 12.8. The second kappa shape index (κ2) is 7.87. The quantitative estimate of drug-likeness (QED) is 0.810. The van der Waals surface area contributed by atoms with Crippen molar-refractivity contribution in [1.29, 1.82) is 0 Å². The third kappa shape index (κ3) is 3.68. The Hall–Kier alpha value is -1.75. The summed E-state index contributed by atoms with van der Waals surface area (Å²) in [4.78, 5) is 17.3. The number of rotatable bonds is 5. The van der Waals surface area contributed by atoms with Crippen molar-refractivity contribution in [3.8, 4) is 11.5 Å². The van der Waals surface area contributed by atoms with Crippen LogP contribution >= 0.6 is 0 Å². The van der Waals surface area contributed by atoms with Crippen LogP contribution in [0.25, 0.3) is 0 Å². The SMILES string of the molecule is COc1ccc(OC2CCN(C3CCCC3)CC2)c(C(=O)N2CCC2)c1. The molecule has 0 aromatic heterocycles. The number of hydrogen-bond donors (Lipinski definition) is 0. The molecule has 0 bridgehead atoms. The van der Waals surface area contributed by atoms with Gasteiger partial charge < -0.3 is 19.3 Å². The number of piperidine rings is 1. The molecule has 26 heavy (non-hydrogen) atoms. The molecule has 1 aliphatic carbocycles. The first-order valence-corrected chi connectivity index (χ1v) is 10.1. The highest BCUT2D eigenvalue weighted by atomic mass is 16.5.